The van der Waals surface area contributed by atoms with E-state index in [1.54, 1.807) is 6.20 Å². The number of aryl methyl sites for hydroxylation is 1. The van der Waals surface area contributed by atoms with Gasteiger partial charge in [-0.2, -0.15) is 5.10 Å². The van der Waals surface area contributed by atoms with Gasteiger partial charge in [0, 0.05) is 31.8 Å². The Hall–Kier alpha value is -2.11. The van der Waals surface area contributed by atoms with Crippen molar-refractivity contribution < 1.29 is 0 Å². The number of hydrogen-bond acceptors (Lipinski definition) is 5. The molecular formula is C14H20N6. The van der Waals surface area contributed by atoms with E-state index in [0.717, 1.165) is 28.7 Å². The Morgan fingerprint density at radius 2 is 2.05 bits per heavy atom. The molecular weight excluding hydrogens is 252 g/mol. The Morgan fingerprint density at radius 3 is 2.65 bits per heavy atom. The summed E-state index contributed by atoms with van der Waals surface area (Å²) in [6, 6.07) is 2.00. The molecule has 1 aliphatic carbocycles. The zero-order valence-electron chi connectivity index (χ0n) is 12.1. The quantitative estimate of drug-likeness (QED) is 0.872. The first-order valence-corrected chi connectivity index (χ1v) is 6.96. The van der Waals surface area contributed by atoms with Crippen LogP contribution in [0.1, 0.15) is 35.8 Å². The van der Waals surface area contributed by atoms with Crippen LogP contribution in [0.4, 0.5) is 11.6 Å². The maximum Gasteiger partial charge on any atom is 0.136 e. The lowest BCUT2D eigenvalue weighted by Crippen LogP contribution is -2.11. The van der Waals surface area contributed by atoms with Crippen LogP contribution in [0.5, 0.6) is 0 Å². The van der Waals surface area contributed by atoms with Gasteiger partial charge in [-0.3, -0.25) is 4.68 Å². The molecule has 1 aliphatic rings. The fourth-order valence-electron chi connectivity index (χ4n) is 2.22. The molecule has 2 N–H and O–H groups in total. The molecule has 2 aromatic heterocycles. The highest BCUT2D eigenvalue weighted by molar-refractivity contribution is 5.57. The van der Waals surface area contributed by atoms with Crippen molar-refractivity contribution in [1.82, 2.24) is 19.7 Å². The van der Waals surface area contributed by atoms with Gasteiger partial charge in [0.25, 0.3) is 0 Å². The smallest absolute Gasteiger partial charge is 0.136 e. The monoisotopic (exact) mass is 272 g/mol. The Balaban J connectivity index is 1.84. The van der Waals surface area contributed by atoms with Gasteiger partial charge in [-0.25, -0.2) is 9.97 Å². The molecule has 0 unspecified atom stereocenters. The number of hydrogen-bond donors (Lipinski definition) is 2. The summed E-state index contributed by atoms with van der Waals surface area (Å²) in [5, 5.41) is 10.7. The van der Waals surface area contributed by atoms with Gasteiger partial charge in [0.1, 0.15) is 17.5 Å². The first-order chi connectivity index (χ1) is 9.69. The number of rotatable bonds is 5. The zero-order valence-corrected chi connectivity index (χ0v) is 12.1. The highest BCUT2D eigenvalue weighted by Crippen LogP contribution is 2.39. The predicted octanol–water partition coefficient (Wildman–Crippen LogP) is 2.05. The van der Waals surface area contributed by atoms with Crippen molar-refractivity contribution in [1.29, 1.82) is 0 Å². The Kier molecular flexibility index (Phi) is 3.30. The molecule has 2 heterocycles. The SMILES string of the molecule is CNc1nc(C2CC2)nc(NCc2ccnn2C)c1C. The van der Waals surface area contributed by atoms with Crippen LogP contribution in [0.25, 0.3) is 0 Å². The van der Waals surface area contributed by atoms with Gasteiger partial charge in [0.05, 0.1) is 12.2 Å². The standard InChI is InChI=1S/C14H20N6/c1-9-12(15-2)18-14(10-4-5-10)19-13(9)16-8-11-6-7-17-20(11)3/h6-7,10H,4-5,8H2,1-3H3,(H2,15,16,18,19). The molecule has 0 radical (unpaired) electrons. The number of nitrogens with zero attached hydrogens (tertiary/aromatic N) is 4. The van der Waals surface area contributed by atoms with Gasteiger partial charge in [-0.05, 0) is 25.8 Å². The third-order valence-electron chi connectivity index (χ3n) is 3.70. The normalized spacial score (nSPS) is 14.3. The first kappa shape index (κ1) is 12.9. The second-order valence-corrected chi connectivity index (χ2v) is 5.23. The van der Waals surface area contributed by atoms with Gasteiger partial charge in [0.15, 0.2) is 0 Å². The molecule has 0 aliphatic heterocycles. The maximum atomic E-state index is 4.68. The van der Waals surface area contributed by atoms with Crippen LogP contribution in [0.3, 0.4) is 0 Å². The number of aromatic nitrogens is 4. The van der Waals surface area contributed by atoms with Gasteiger partial charge < -0.3 is 10.6 Å². The molecule has 0 bridgehead atoms. The van der Waals surface area contributed by atoms with E-state index < -0.39 is 0 Å². The van der Waals surface area contributed by atoms with E-state index in [1.165, 1.54) is 12.8 Å². The third-order valence-corrected chi connectivity index (χ3v) is 3.70. The Bertz CT molecular complexity index is 614. The van der Waals surface area contributed by atoms with Gasteiger partial charge in [0.2, 0.25) is 0 Å². The first-order valence-electron chi connectivity index (χ1n) is 6.96. The van der Waals surface area contributed by atoms with Crippen molar-refractivity contribution in [2.75, 3.05) is 17.7 Å². The molecule has 6 heteroatoms. The summed E-state index contributed by atoms with van der Waals surface area (Å²) in [5.74, 6) is 3.31. The van der Waals surface area contributed by atoms with Crippen LogP contribution in [0.2, 0.25) is 0 Å². The molecule has 0 atom stereocenters. The molecule has 0 amide bonds. The summed E-state index contributed by atoms with van der Waals surface area (Å²) < 4.78 is 1.87. The molecule has 2 aromatic rings. The summed E-state index contributed by atoms with van der Waals surface area (Å²) in [6.07, 6.45) is 4.21. The van der Waals surface area contributed by atoms with Crippen LogP contribution in [-0.4, -0.2) is 26.8 Å². The average molecular weight is 272 g/mol. The van der Waals surface area contributed by atoms with E-state index in [-0.39, 0.29) is 0 Å². The maximum absolute atomic E-state index is 4.68. The Labute approximate surface area is 118 Å². The fourth-order valence-corrected chi connectivity index (χ4v) is 2.22. The summed E-state index contributed by atoms with van der Waals surface area (Å²) in [7, 11) is 3.84. The van der Waals surface area contributed by atoms with Crippen LogP contribution >= 0.6 is 0 Å². The number of anilines is 2. The van der Waals surface area contributed by atoms with Crippen molar-refractivity contribution >= 4 is 11.6 Å². The highest BCUT2D eigenvalue weighted by Gasteiger charge is 2.28. The van der Waals surface area contributed by atoms with E-state index in [2.05, 4.69) is 25.7 Å². The van der Waals surface area contributed by atoms with Crippen molar-refractivity contribution in [3.05, 3.63) is 29.3 Å². The minimum absolute atomic E-state index is 0.542. The molecule has 20 heavy (non-hydrogen) atoms. The van der Waals surface area contributed by atoms with Crippen molar-refractivity contribution in [3.63, 3.8) is 0 Å². The van der Waals surface area contributed by atoms with Crippen LogP contribution in [0, 0.1) is 6.92 Å². The molecule has 0 aromatic carbocycles. The second kappa shape index (κ2) is 5.11. The predicted molar refractivity (Wildman–Crippen MR) is 78.8 cm³/mol. The van der Waals surface area contributed by atoms with E-state index in [9.17, 15) is 0 Å². The molecule has 1 saturated carbocycles. The molecule has 6 nitrogen and oxygen atoms in total. The molecule has 3 rings (SSSR count). The third kappa shape index (κ3) is 2.45. The fraction of sp³-hybridized carbons (Fsp3) is 0.500. The minimum atomic E-state index is 0.542. The summed E-state index contributed by atoms with van der Waals surface area (Å²) in [5.41, 5.74) is 2.18. The average Bonchev–Trinajstić information content (AvgIpc) is 3.21. The number of nitrogens with one attached hydrogen (secondary N) is 2. The van der Waals surface area contributed by atoms with Crippen molar-refractivity contribution in [2.45, 2.75) is 32.2 Å². The molecule has 1 fully saturated rings. The largest absolute Gasteiger partial charge is 0.373 e. The van der Waals surface area contributed by atoms with Crippen LogP contribution in [-0.2, 0) is 13.6 Å². The van der Waals surface area contributed by atoms with Crippen molar-refractivity contribution in [2.24, 2.45) is 7.05 Å². The topological polar surface area (TPSA) is 67.7 Å². The zero-order chi connectivity index (χ0) is 14.1. The van der Waals surface area contributed by atoms with Gasteiger partial charge >= 0.3 is 0 Å². The lowest BCUT2D eigenvalue weighted by Gasteiger charge is -2.13. The lowest BCUT2D eigenvalue weighted by molar-refractivity contribution is 0.719. The lowest BCUT2D eigenvalue weighted by atomic mass is 10.2. The molecule has 106 valence electrons. The van der Waals surface area contributed by atoms with Crippen molar-refractivity contribution in [3.8, 4) is 0 Å². The second-order valence-electron chi connectivity index (χ2n) is 5.23. The van der Waals surface area contributed by atoms with Crippen LogP contribution < -0.4 is 10.6 Å². The van der Waals surface area contributed by atoms with Crippen LogP contribution in [0.15, 0.2) is 12.3 Å². The molecule has 0 saturated heterocycles. The van der Waals surface area contributed by atoms with E-state index in [0.29, 0.717) is 12.5 Å². The summed E-state index contributed by atoms with van der Waals surface area (Å²) >= 11 is 0. The Morgan fingerprint density at radius 1 is 1.30 bits per heavy atom. The van der Waals surface area contributed by atoms with E-state index in [1.807, 2.05) is 31.8 Å². The summed E-state index contributed by atoms with van der Waals surface area (Å²) in [4.78, 5) is 9.28. The highest BCUT2D eigenvalue weighted by atomic mass is 15.3. The minimum Gasteiger partial charge on any atom is -0.373 e. The van der Waals surface area contributed by atoms with E-state index >= 15 is 0 Å². The van der Waals surface area contributed by atoms with Gasteiger partial charge in [-0.15, -0.1) is 0 Å². The van der Waals surface area contributed by atoms with Gasteiger partial charge in [-0.1, -0.05) is 0 Å². The summed E-state index contributed by atoms with van der Waals surface area (Å²) in [6.45, 7) is 2.75. The molecule has 0 spiro atoms. The van der Waals surface area contributed by atoms with E-state index in [4.69, 9.17) is 0 Å².